The molecule has 182 valence electrons. The lowest BCUT2D eigenvalue weighted by Gasteiger charge is -2.11. The molecule has 6 nitrogen and oxygen atoms in total. The predicted octanol–water partition coefficient (Wildman–Crippen LogP) is 6.36. The molecule has 0 spiro atoms. The third-order valence-electron chi connectivity index (χ3n) is 6.84. The molecule has 0 saturated heterocycles. The first-order chi connectivity index (χ1) is 18.2. The molecule has 0 saturated carbocycles. The van der Waals surface area contributed by atoms with Gasteiger partial charge in [0.25, 0.3) is 0 Å². The number of methoxy groups -OCH3 is 1. The molecule has 6 heteroatoms. The number of aromatic nitrogens is 3. The second-order valence-corrected chi connectivity index (χ2v) is 8.91. The van der Waals surface area contributed by atoms with Crippen molar-refractivity contribution in [3.05, 3.63) is 107 Å². The Morgan fingerprint density at radius 3 is 2.57 bits per heavy atom. The molecule has 4 aromatic carbocycles. The summed E-state index contributed by atoms with van der Waals surface area (Å²) in [5.41, 5.74) is 7.54. The number of carbonyl (C=O) groups excluding carboxylic acids is 1. The molecule has 0 unspecified atom stereocenters. The highest BCUT2D eigenvalue weighted by Gasteiger charge is 2.30. The van der Waals surface area contributed by atoms with Crippen LogP contribution in [0.4, 0.5) is 0 Å². The second kappa shape index (κ2) is 9.39. The van der Waals surface area contributed by atoms with Gasteiger partial charge < -0.3 is 9.57 Å². The van der Waals surface area contributed by atoms with Crippen molar-refractivity contribution < 1.29 is 14.4 Å². The monoisotopic (exact) mass is 487 g/mol. The van der Waals surface area contributed by atoms with Gasteiger partial charge in [-0.05, 0) is 74.5 Å². The number of allylic oxidation sites excluding steroid dienone is 2. The van der Waals surface area contributed by atoms with E-state index in [2.05, 4.69) is 71.8 Å². The summed E-state index contributed by atoms with van der Waals surface area (Å²) < 4.78 is 5.75. The molecule has 0 bridgehead atoms. The molecule has 0 atom stereocenters. The molecule has 37 heavy (non-hydrogen) atoms. The first-order valence-corrected chi connectivity index (χ1v) is 12.3. The maximum atomic E-state index is 13.2. The quantitative estimate of drug-likeness (QED) is 0.261. The Hall–Kier alpha value is -4.71. The van der Waals surface area contributed by atoms with Gasteiger partial charge in [0.15, 0.2) is 0 Å². The number of nitrogens with zero attached hydrogens (tertiary/aromatic N) is 3. The Morgan fingerprint density at radius 2 is 1.70 bits per heavy atom. The fourth-order valence-corrected chi connectivity index (χ4v) is 5.20. The van der Waals surface area contributed by atoms with Crippen LogP contribution in [0.3, 0.4) is 0 Å². The normalized spacial score (nSPS) is 13.9. The minimum absolute atomic E-state index is 0.0810. The van der Waals surface area contributed by atoms with Crippen LogP contribution in [0.1, 0.15) is 36.5 Å². The molecule has 0 radical (unpaired) electrons. The highest BCUT2D eigenvalue weighted by atomic mass is 16.7. The second-order valence-electron chi connectivity index (χ2n) is 8.91. The van der Waals surface area contributed by atoms with Crippen LogP contribution in [-0.4, -0.2) is 28.2 Å². The summed E-state index contributed by atoms with van der Waals surface area (Å²) in [6.07, 6.45) is 3.06. The zero-order valence-electron chi connectivity index (χ0n) is 20.6. The minimum atomic E-state index is -0.417. The van der Waals surface area contributed by atoms with E-state index < -0.39 is 5.97 Å². The van der Waals surface area contributed by atoms with Gasteiger partial charge in [0.2, 0.25) is 0 Å². The fraction of sp³-hybridized carbons (Fsp3) is 0.129. The van der Waals surface area contributed by atoms with Gasteiger partial charge >= 0.3 is 5.97 Å². The molecule has 5 aromatic rings. The Morgan fingerprint density at radius 1 is 0.919 bits per heavy atom. The summed E-state index contributed by atoms with van der Waals surface area (Å²) in [6, 6.07) is 28.1. The van der Waals surface area contributed by atoms with Gasteiger partial charge in [0, 0.05) is 5.56 Å². The third-order valence-corrected chi connectivity index (χ3v) is 6.84. The van der Waals surface area contributed by atoms with Crippen molar-refractivity contribution in [2.75, 3.05) is 7.11 Å². The van der Waals surface area contributed by atoms with E-state index in [-0.39, 0.29) is 6.42 Å². The molecule has 0 fully saturated rings. The number of hydrogen-bond acceptors (Lipinski definition) is 5. The minimum Gasteiger partial charge on any atom is -0.496 e. The summed E-state index contributed by atoms with van der Waals surface area (Å²) in [6.45, 7) is 2.11. The Kier molecular flexibility index (Phi) is 5.77. The number of carbonyl (C=O) groups is 1. The maximum Gasteiger partial charge on any atom is 0.339 e. The lowest BCUT2D eigenvalue weighted by molar-refractivity contribution is -0.144. The van der Waals surface area contributed by atoms with Gasteiger partial charge in [-0.2, -0.15) is 0 Å². The summed E-state index contributed by atoms with van der Waals surface area (Å²) >= 11 is 0. The van der Waals surface area contributed by atoms with E-state index in [1.807, 2.05) is 36.4 Å². The molecule has 0 aliphatic heterocycles. The van der Waals surface area contributed by atoms with Gasteiger partial charge in [-0.1, -0.05) is 78.5 Å². The number of ether oxygens (including phenoxy) is 1. The van der Waals surface area contributed by atoms with Crippen molar-refractivity contribution in [3.63, 3.8) is 0 Å². The van der Waals surface area contributed by atoms with E-state index in [0.717, 1.165) is 45.6 Å². The maximum absolute atomic E-state index is 13.2. The first-order valence-electron chi connectivity index (χ1n) is 12.3. The molecule has 1 aliphatic carbocycles. The van der Waals surface area contributed by atoms with Crippen LogP contribution in [-0.2, 0) is 4.79 Å². The highest BCUT2D eigenvalue weighted by molar-refractivity contribution is 6.10. The summed E-state index contributed by atoms with van der Waals surface area (Å²) in [5, 5.41) is 10.4. The van der Waals surface area contributed by atoms with Crippen LogP contribution in [0, 0.1) is 0 Å². The summed E-state index contributed by atoms with van der Waals surface area (Å²) in [4.78, 5) is 20.0. The summed E-state index contributed by atoms with van der Waals surface area (Å²) in [7, 11) is 1.66. The number of para-hydroxylation sites is 1. The molecular formula is C31H25N3O3. The van der Waals surface area contributed by atoms with E-state index in [0.29, 0.717) is 11.0 Å². The molecule has 0 amide bonds. The molecule has 6 rings (SSSR count). The highest BCUT2D eigenvalue weighted by Crippen LogP contribution is 2.49. The number of hydrogen-bond donors (Lipinski definition) is 0. The Balaban J connectivity index is 1.44. The zero-order chi connectivity index (χ0) is 25.4. The van der Waals surface area contributed by atoms with Crippen LogP contribution in [0.15, 0.2) is 90.5 Å². The van der Waals surface area contributed by atoms with Crippen molar-refractivity contribution in [1.82, 2.24) is 15.2 Å². The fourth-order valence-electron chi connectivity index (χ4n) is 5.20. The zero-order valence-corrected chi connectivity index (χ0v) is 20.6. The van der Waals surface area contributed by atoms with Crippen molar-refractivity contribution in [3.8, 4) is 5.75 Å². The van der Waals surface area contributed by atoms with Crippen LogP contribution in [0.2, 0.25) is 0 Å². The number of fused-ring (bicyclic) bond motifs is 3. The smallest absolute Gasteiger partial charge is 0.339 e. The van der Waals surface area contributed by atoms with Gasteiger partial charge in [-0.15, -0.1) is 5.10 Å². The molecule has 1 aliphatic rings. The van der Waals surface area contributed by atoms with Crippen molar-refractivity contribution >= 4 is 45.0 Å². The van der Waals surface area contributed by atoms with Gasteiger partial charge in [-0.3, -0.25) is 0 Å². The van der Waals surface area contributed by atoms with Gasteiger partial charge in [0.1, 0.15) is 16.8 Å². The lowest BCUT2D eigenvalue weighted by atomic mass is 9.96. The van der Waals surface area contributed by atoms with Crippen LogP contribution in [0.5, 0.6) is 5.75 Å². The molecule has 1 aromatic heterocycles. The molecule has 0 N–H and O–H groups in total. The van der Waals surface area contributed by atoms with Crippen molar-refractivity contribution in [1.29, 1.82) is 0 Å². The van der Waals surface area contributed by atoms with E-state index in [1.54, 1.807) is 7.11 Å². The largest absolute Gasteiger partial charge is 0.496 e. The first kappa shape index (κ1) is 22.7. The van der Waals surface area contributed by atoms with E-state index in [1.165, 1.54) is 15.6 Å². The van der Waals surface area contributed by atoms with Crippen LogP contribution in [0.25, 0.3) is 39.0 Å². The summed E-state index contributed by atoms with van der Waals surface area (Å²) in [5.74, 6) is 0.318. The van der Waals surface area contributed by atoms with E-state index in [9.17, 15) is 4.79 Å². The van der Waals surface area contributed by atoms with Gasteiger partial charge in [0.05, 0.1) is 13.5 Å². The van der Waals surface area contributed by atoms with Gasteiger partial charge in [-0.25, -0.2) is 4.79 Å². The molecule has 1 heterocycles. The average Bonchev–Trinajstić information content (AvgIpc) is 3.47. The third kappa shape index (κ3) is 3.96. The topological polar surface area (TPSA) is 66.2 Å². The van der Waals surface area contributed by atoms with Crippen molar-refractivity contribution in [2.24, 2.45) is 0 Å². The SMILES string of the molecule is CCC1=C(CC(=O)On2nnc3ccccc32)c2c(OC)cccc2/C1=C\c1cccc2ccccc12. The number of benzene rings is 4. The Bertz CT molecular complexity index is 1720. The van der Waals surface area contributed by atoms with Crippen LogP contribution < -0.4 is 9.57 Å². The van der Waals surface area contributed by atoms with Crippen molar-refractivity contribution in [2.45, 2.75) is 19.8 Å². The molecular weight excluding hydrogens is 462 g/mol. The standard InChI is InChI=1S/C31H25N3O3/c1-3-22-25(18-21-12-8-11-20-10-4-5-13-23(20)21)24-14-9-17-29(36-2)31(24)26(22)19-30(35)37-34-28-16-7-6-15-27(28)32-33-34/h4-18H,3,19H2,1-2H3/b25-18-. The van der Waals surface area contributed by atoms with Crippen LogP contribution >= 0.6 is 0 Å². The van der Waals surface area contributed by atoms with E-state index >= 15 is 0 Å². The number of rotatable bonds is 6. The van der Waals surface area contributed by atoms with E-state index in [4.69, 9.17) is 9.57 Å². The lowest BCUT2D eigenvalue weighted by Crippen LogP contribution is -2.21. The Labute approximate surface area is 214 Å². The average molecular weight is 488 g/mol. The predicted molar refractivity (Wildman–Crippen MR) is 146 cm³/mol.